The topological polar surface area (TPSA) is 104 Å². The summed E-state index contributed by atoms with van der Waals surface area (Å²) in [6, 6.07) is 4.61. The molecular formula is C19H20FN3O4. The van der Waals surface area contributed by atoms with Crippen LogP contribution in [0.25, 0.3) is 10.8 Å². The zero-order chi connectivity index (χ0) is 19.1. The molecule has 8 heteroatoms. The molecule has 2 aromatic rings. The minimum Gasteiger partial charge on any atom is -0.496 e. The predicted molar refractivity (Wildman–Crippen MR) is 95.3 cm³/mol. The Kier molecular flexibility index (Phi) is 4.33. The Hall–Kier alpha value is -2.90. The number of nitrogens with two attached hydrogens (primary N) is 1. The van der Waals surface area contributed by atoms with Gasteiger partial charge in [0.15, 0.2) is 6.17 Å². The van der Waals surface area contributed by atoms with E-state index < -0.39 is 18.0 Å². The van der Waals surface area contributed by atoms with Crippen LogP contribution < -0.4 is 20.5 Å². The number of hydrogen-bond acceptors (Lipinski definition) is 5. The molecule has 7 nitrogen and oxygen atoms in total. The van der Waals surface area contributed by atoms with Gasteiger partial charge in [-0.3, -0.25) is 9.59 Å². The number of nitrogens with zero attached hydrogens (tertiary/aromatic N) is 1. The molecule has 4 rings (SSSR count). The third-order valence-corrected chi connectivity index (χ3v) is 5.26. The Morgan fingerprint density at radius 1 is 1.41 bits per heavy atom. The Morgan fingerprint density at radius 3 is 2.85 bits per heavy atom. The number of halogens is 1. The van der Waals surface area contributed by atoms with Gasteiger partial charge in [0.05, 0.1) is 18.7 Å². The highest BCUT2D eigenvalue weighted by Gasteiger charge is 2.50. The van der Waals surface area contributed by atoms with Crippen LogP contribution >= 0.6 is 0 Å². The lowest BCUT2D eigenvalue weighted by atomic mass is 9.94. The summed E-state index contributed by atoms with van der Waals surface area (Å²) in [5, 5.41) is 4.04. The summed E-state index contributed by atoms with van der Waals surface area (Å²) in [5.41, 5.74) is 5.66. The molecule has 3 N–H and O–H groups in total. The maximum absolute atomic E-state index is 14.2. The summed E-state index contributed by atoms with van der Waals surface area (Å²) in [6.45, 7) is 0.124. The number of rotatable bonds is 6. The first-order chi connectivity index (χ1) is 13.0. The van der Waals surface area contributed by atoms with E-state index in [0.29, 0.717) is 22.4 Å². The quantitative estimate of drug-likeness (QED) is 0.800. The van der Waals surface area contributed by atoms with Crippen molar-refractivity contribution in [2.24, 2.45) is 17.6 Å². The maximum atomic E-state index is 14.2. The number of pyridine rings is 1. The Morgan fingerprint density at radius 2 is 2.19 bits per heavy atom. The molecule has 0 bridgehead atoms. The van der Waals surface area contributed by atoms with Crippen LogP contribution in [0.1, 0.15) is 23.2 Å². The molecule has 142 valence electrons. The third kappa shape index (κ3) is 3.15. The van der Waals surface area contributed by atoms with E-state index in [9.17, 15) is 14.0 Å². The zero-order valence-corrected chi connectivity index (χ0v) is 14.8. The molecule has 2 amide bonds. The van der Waals surface area contributed by atoms with Gasteiger partial charge >= 0.3 is 0 Å². The highest BCUT2D eigenvalue weighted by molar-refractivity contribution is 6.01. The van der Waals surface area contributed by atoms with Gasteiger partial charge in [0.2, 0.25) is 5.88 Å². The number of benzene rings is 1. The summed E-state index contributed by atoms with van der Waals surface area (Å²) < 4.78 is 25.3. The molecule has 0 unspecified atom stereocenters. The maximum Gasteiger partial charge on any atom is 0.255 e. The number of fused-ring (bicyclic) bond motifs is 1. The van der Waals surface area contributed by atoms with Gasteiger partial charge < -0.3 is 20.5 Å². The van der Waals surface area contributed by atoms with Crippen LogP contribution in [0.15, 0.2) is 24.4 Å². The average Bonchev–Trinajstić information content (AvgIpc) is 3.45. The molecule has 0 spiro atoms. The minimum atomic E-state index is -1.48. The van der Waals surface area contributed by atoms with Crippen molar-refractivity contribution in [3.63, 3.8) is 0 Å². The lowest BCUT2D eigenvalue weighted by Crippen LogP contribution is -2.35. The number of primary amides is 1. The Bertz CT molecular complexity index is 915. The van der Waals surface area contributed by atoms with E-state index in [4.69, 9.17) is 15.2 Å². The highest BCUT2D eigenvalue weighted by Crippen LogP contribution is 2.43. The van der Waals surface area contributed by atoms with Gasteiger partial charge in [-0.25, -0.2) is 9.37 Å². The number of amides is 2. The number of hydrogen-bond donors (Lipinski definition) is 2. The summed E-state index contributed by atoms with van der Waals surface area (Å²) in [6.07, 6.45) is 1.95. The van der Waals surface area contributed by atoms with Crippen molar-refractivity contribution in [1.29, 1.82) is 0 Å². The molecule has 1 aromatic heterocycles. The van der Waals surface area contributed by atoms with E-state index in [2.05, 4.69) is 10.3 Å². The molecule has 1 aliphatic carbocycles. The number of ether oxygens (including phenoxy) is 2. The fraction of sp³-hybridized carbons (Fsp3) is 0.421. The van der Waals surface area contributed by atoms with Crippen LogP contribution in [0.2, 0.25) is 0 Å². The standard InChI is InChI=1S/C19H20FN3O4/c1-26-14-7-11-10(6-12(14)17(21)24)4-5-22-19(11)27-8-13-15(9-2-3-9)16(20)18(25)23-13/h4-7,9,13,15-16H,2-3,8H2,1H3,(H2,21,24)(H,23,25)/t13-,15+,16+/m1/s1. The monoisotopic (exact) mass is 373 g/mol. The molecule has 2 heterocycles. The van der Waals surface area contributed by atoms with Gasteiger partial charge in [-0.15, -0.1) is 0 Å². The average molecular weight is 373 g/mol. The number of carbonyl (C=O) groups excluding carboxylic acids is 2. The van der Waals surface area contributed by atoms with Crippen LogP contribution in [-0.2, 0) is 4.79 Å². The van der Waals surface area contributed by atoms with Crippen molar-refractivity contribution in [1.82, 2.24) is 10.3 Å². The van der Waals surface area contributed by atoms with Gasteiger partial charge in [0.25, 0.3) is 11.8 Å². The van der Waals surface area contributed by atoms with Crippen molar-refractivity contribution in [3.05, 3.63) is 30.0 Å². The van der Waals surface area contributed by atoms with Crippen LogP contribution in [0.4, 0.5) is 4.39 Å². The number of alkyl halides is 1. The number of methoxy groups -OCH3 is 1. The molecule has 1 saturated carbocycles. The predicted octanol–water partition coefficient (Wildman–Crippen LogP) is 1.58. The van der Waals surface area contributed by atoms with Gasteiger partial charge in [0.1, 0.15) is 12.4 Å². The second-order valence-electron chi connectivity index (χ2n) is 7.00. The van der Waals surface area contributed by atoms with E-state index in [1.807, 2.05) is 0 Å². The first-order valence-electron chi connectivity index (χ1n) is 8.83. The molecule has 27 heavy (non-hydrogen) atoms. The molecule has 3 atom stereocenters. The largest absolute Gasteiger partial charge is 0.496 e. The van der Waals surface area contributed by atoms with Crippen LogP contribution in [0.3, 0.4) is 0 Å². The van der Waals surface area contributed by atoms with E-state index >= 15 is 0 Å². The molecule has 0 radical (unpaired) electrons. The van der Waals surface area contributed by atoms with E-state index in [0.717, 1.165) is 12.8 Å². The van der Waals surface area contributed by atoms with Crippen LogP contribution in [0.5, 0.6) is 11.6 Å². The molecule has 1 aliphatic heterocycles. The van der Waals surface area contributed by atoms with Crippen molar-refractivity contribution in [2.75, 3.05) is 13.7 Å². The number of aromatic nitrogens is 1. The van der Waals surface area contributed by atoms with Gasteiger partial charge in [0, 0.05) is 17.5 Å². The Labute approximate surface area is 155 Å². The van der Waals surface area contributed by atoms with Crippen molar-refractivity contribution in [3.8, 4) is 11.6 Å². The van der Waals surface area contributed by atoms with Crippen molar-refractivity contribution < 1.29 is 23.5 Å². The lowest BCUT2D eigenvalue weighted by molar-refractivity contribution is -0.124. The SMILES string of the molecule is COc1cc2c(OC[C@H]3NC(=O)[C@@H](F)[C@H]3C3CC3)nccc2cc1C(N)=O. The second kappa shape index (κ2) is 6.68. The molecular weight excluding hydrogens is 353 g/mol. The third-order valence-electron chi connectivity index (χ3n) is 5.26. The van der Waals surface area contributed by atoms with E-state index in [1.165, 1.54) is 7.11 Å². The summed E-state index contributed by atoms with van der Waals surface area (Å²) >= 11 is 0. The molecule has 1 aromatic carbocycles. The van der Waals surface area contributed by atoms with Crippen molar-refractivity contribution in [2.45, 2.75) is 25.1 Å². The fourth-order valence-corrected chi connectivity index (χ4v) is 3.76. The normalized spacial score (nSPS) is 24.7. The number of carbonyl (C=O) groups is 2. The summed E-state index contributed by atoms with van der Waals surface area (Å²) in [5.74, 6) is -0.647. The fourth-order valence-electron chi connectivity index (χ4n) is 3.76. The lowest BCUT2D eigenvalue weighted by Gasteiger charge is -2.20. The Balaban J connectivity index is 1.60. The minimum absolute atomic E-state index is 0.124. The summed E-state index contributed by atoms with van der Waals surface area (Å²) in [7, 11) is 1.44. The first kappa shape index (κ1) is 17.5. The van der Waals surface area contributed by atoms with Crippen LogP contribution in [-0.4, -0.2) is 42.7 Å². The molecule has 2 fully saturated rings. The van der Waals surface area contributed by atoms with Gasteiger partial charge in [-0.1, -0.05) is 0 Å². The van der Waals surface area contributed by atoms with Gasteiger partial charge in [-0.05, 0) is 42.3 Å². The molecule has 1 saturated heterocycles. The smallest absolute Gasteiger partial charge is 0.255 e. The summed E-state index contributed by atoms with van der Waals surface area (Å²) in [4.78, 5) is 27.6. The number of nitrogens with one attached hydrogen (secondary N) is 1. The first-order valence-corrected chi connectivity index (χ1v) is 8.83. The highest BCUT2D eigenvalue weighted by atomic mass is 19.1. The van der Waals surface area contributed by atoms with E-state index in [-0.39, 0.29) is 30.0 Å². The van der Waals surface area contributed by atoms with Crippen molar-refractivity contribution >= 4 is 22.6 Å². The van der Waals surface area contributed by atoms with Gasteiger partial charge in [-0.2, -0.15) is 0 Å². The van der Waals surface area contributed by atoms with Crippen LogP contribution in [0, 0.1) is 11.8 Å². The molecule has 2 aliphatic rings. The zero-order valence-electron chi connectivity index (χ0n) is 14.8. The second-order valence-corrected chi connectivity index (χ2v) is 7.00. The van der Waals surface area contributed by atoms with E-state index in [1.54, 1.807) is 24.4 Å².